The highest BCUT2D eigenvalue weighted by atomic mass is 79.9. The summed E-state index contributed by atoms with van der Waals surface area (Å²) in [6, 6.07) is 5.61. The van der Waals surface area contributed by atoms with E-state index in [1.165, 1.54) is 31.7 Å². The first-order valence-electron chi connectivity index (χ1n) is 7.77. The molecule has 0 aliphatic heterocycles. The minimum absolute atomic E-state index is 0.134. The Kier molecular flexibility index (Phi) is 6.03. The summed E-state index contributed by atoms with van der Waals surface area (Å²) in [7, 11) is 0. The monoisotopic (exact) mass is 341 g/mol. The fourth-order valence-corrected chi connectivity index (χ4v) is 3.71. The molecule has 1 aromatic carbocycles. The van der Waals surface area contributed by atoms with Crippen LogP contribution in [0, 0.1) is 17.7 Å². The molecule has 3 atom stereocenters. The molecule has 0 radical (unpaired) electrons. The molecule has 0 aromatic heterocycles. The second kappa shape index (κ2) is 7.56. The van der Waals surface area contributed by atoms with Gasteiger partial charge in [0.1, 0.15) is 5.82 Å². The van der Waals surface area contributed by atoms with Crippen molar-refractivity contribution in [3.05, 3.63) is 34.1 Å². The van der Waals surface area contributed by atoms with Crippen LogP contribution in [0.1, 0.15) is 45.1 Å². The topological polar surface area (TPSA) is 12.0 Å². The van der Waals surface area contributed by atoms with Gasteiger partial charge in [0.25, 0.3) is 0 Å². The maximum Gasteiger partial charge on any atom is 0.123 e. The summed E-state index contributed by atoms with van der Waals surface area (Å²) >= 11 is 3.56. The van der Waals surface area contributed by atoms with Crippen molar-refractivity contribution in [3.8, 4) is 0 Å². The quantitative estimate of drug-likeness (QED) is 0.800. The molecule has 1 saturated carbocycles. The summed E-state index contributed by atoms with van der Waals surface area (Å²) in [5.74, 6) is 1.26. The number of hydrogen-bond acceptors (Lipinski definition) is 1. The fourth-order valence-electron chi connectivity index (χ4n) is 3.30. The molecule has 0 bridgehead atoms. The Labute approximate surface area is 130 Å². The molecular formula is C17H25BrFN. The Morgan fingerprint density at radius 3 is 2.90 bits per heavy atom. The highest BCUT2D eigenvalue weighted by molar-refractivity contribution is 9.10. The molecule has 1 N–H and O–H groups in total. The standard InChI is InChI=1S/C17H25BrFN/c1-3-8-20-17-7-4-12(2)9-14(17)10-13-11-15(19)5-6-16(13)18/h5-6,11-12,14,17,20H,3-4,7-10H2,1-2H3. The molecule has 1 nitrogen and oxygen atoms in total. The normalized spacial score (nSPS) is 26.7. The maximum absolute atomic E-state index is 13.4. The minimum atomic E-state index is -0.134. The van der Waals surface area contributed by atoms with Gasteiger partial charge in [-0.1, -0.05) is 29.8 Å². The Morgan fingerprint density at radius 2 is 2.15 bits per heavy atom. The second-order valence-corrected chi connectivity index (χ2v) is 7.03. The van der Waals surface area contributed by atoms with Crippen LogP contribution in [0.5, 0.6) is 0 Å². The average Bonchev–Trinajstić information content (AvgIpc) is 2.42. The van der Waals surface area contributed by atoms with E-state index < -0.39 is 0 Å². The van der Waals surface area contributed by atoms with Crippen molar-refractivity contribution in [1.82, 2.24) is 5.32 Å². The zero-order chi connectivity index (χ0) is 14.5. The van der Waals surface area contributed by atoms with Gasteiger partial charge in [-0.25, -0.2) is 4.39 Å². The van der Waals surface area contributed by atoms with Gasteiger partial charge in [-0.05, 0) is 74.2 Å². The van der Waals surface area contributed by atoms with Crippen LogP contribution in [0.15, 0.2) is 22.7 Å². The molecule has 20 heavy (non-hydrogen) atoms. The number of hydrogen-bond donors (Lipinski definition) is 1. The summed E-state index contributed by atoms with van der Waals surface area (Å²) in [6.45, 7) is 5.63. The summed E-state index contributed by atoms with van der Waals surface area (Å²) in [6.07, 6.45) is 5.93. The molecule has 3 unspecified atom stereocenters. The van der Waals surface area contributed by atoms with E-state index in [2.05, 4.69) is 35.1 Å². The van der Waals surface area contributed by atoms with Gasteiger partial charge in [0, 0.05) is 10.5 Å². The van der Waals surface area contributed by atoms with Gasteiger partial charge in [0.05, 0.1) is 0 Å². The van der Waals surface area contributed by atoms with Crippen LogP contribution in [0.4, 0.5) is 4.39 Å². The molecule has 0 heterocycles. The Bertz CT molecular complexity index is 433. The van der Waals surface area contributed by atoms with Crippen molar-refractivity contribution in [2.45, 2.75) is 52.0 Å². The molecular weight excluding hydrogens is 317 g/mol. The average molecular weight is 342 g/mol. The maximum atomic E-state index is 13.4. The van der Waals surface area contributed by atoms with Gasteiger partial charge in [0.15, 0.2) is 0 Å². The fraction of sp³-hybridized carbons (Fsp3) is 0.647. The van der Waals surface area contributed by atoms with E-state index in [-0.39, 0.29) is 5.82 Å². The van der Waals surface area contributed by atoms with Crippen molar-refractivity contribution < 1.29 is 4.39 Å². The van der Waals surface area contributed by atoms with Crippen LogP contribution in [0.3, 0.4) is 0 Å². The van der Waals surface area contributed by atoms with E-state index in [1.807, 2.05) is 6.07 Å². The first kappa shape index (κ1) is 16.0. The number of halogens is 2. The van der Waals surface area contributed by atoms with Gasteiger partial charge < -0.3 is 5.32 Å². The van der Waals surface area contributed by atoms with Crippen LogP contribution >= 0.6 is 15.9 Å². The Morgan fingerprint density at radius 1 is 1.35 bits per heavy atom. The summed E-state index contributed by atoms with van der Waals surface area (Å²) < 4.78 is 14.5. The number of nitrogens with one attached hydrogen (secondary N) is 1. The first-order valence-corrected chi connectivity index (χ1v) is 8.56. The molecule has 0 spiro atoms. The zero-order valence-corrected chi connectivity index (χ0v) is 14.0. The van der Waals surface area contributed by atoms with Crippen LogP contribution in [0.25, 0.3) is 0 Å². The SMILES string of the molecule is CCCNC1CCC(C)CC1Cc1cc(F)ccc1Br. The van der Waals surface area contributed by atoms with E-state index in [4.69, 9.17) is 0 Å². The van der Waals surface area contributed by atoms with Crippen LogP contribution < -0.4 is 5.32 Å². The van der Waals surface area contributed by atoms with E-state index in [9.17, 15) is 4.39 Å². The molecule has 1 aliphatic rings. The molecule has 0 amide bonds. The van der Waals surface area contributed by atoms with E-state index in [1.54, 1.807) is 6.07 Å². The highest BCUT2D eigenvalue weighted by Gasteiger charge is 2.28. The molecule has 3 heteroatoms. The first-order chi connectivity index (χ1) is 9.60. The highest BCUT2D eigenvalue weighted by Crippen LogP contribution is 2.33. The molecule has 1 aliphatic carbocycles. The summed E-state index contributed by atoms with van der Waals surface area (Å²) in [5.41, 5.74) is 1.10. The van der Waals surface area contributed by atoms with Crippen LogP contribution in [-0.2, 0) is 6.42 Å². The second-order valence-electron chi connectivity index (χ2n) is 6.18. The molecule has 2 rings (SSSR count). The summed E-state index contributed by atoms with van der Waals surface area (Å²) in [5, 5.41) is 3.69. The van der Waals surface area contributed by atoms with Gasteiger partial charge in [-0.2, -0.15) is 0 Å². The van der Waals surface area contributed by atoms with E-state index in [0.717, 1.165) is 28.9 Å². The minimum Gasteiger partial charge on any atom is -0.314 e. The third-order valence-electron chi connectivity index (χ3n) is 4.39. The van der Waals surface area contributed by atoms with E-state index in [0.29, 0.717) is 12.0 Å². The smallest absolute Gasteiger partial charge is 0.123 e. The van der Waals surface area contributed by atoms with Crippen molar-refractivity contribution in [3.63, 3.8) is 0 Å². The Hall–Kier alpha value is -0.410. The molecule has 1 aromatic rings. The summed E-state index contributed by atoms with van der Waals surface area (Å²) in [4.78, 5) is 0. The molecule has 112 valence electrons. The lowest BCUT2D eigenvalue weighted by Gasteiger charge is -2.36. The zero-order valence-electron chi connectivity index (χ0n) is 12.5. The van der Waals surface area contributed by atoms with Crippen molar-refractivity contribution in [2.75, 3.05) is 6.54 Å². The van der Waals surface area contributed by atoms with Crippen molar-refractivity contribution in [1.29, 1.82) is 0 Å². The van der Waals surface area contributed by atoms with Crippen LogP contribution in [0.2, 0.25) is 0 Å². The van der Waals surface area contributed by atoms with Crippen molar-refractivity contribution in [2.24, 2.45) is 11.8 Å². The van der Waals surface area contributed by atoms with Gasteiger partial charge in [-0.3, -0.25) is 0 Å². The number of rotatable bonds is 5. The van der Waals surface area contributed by atoms with E-state index >= 15 is 0 Å². The Balaban J connectivity index is 2.08. The largest absolute Gasteiger partial charge is 0.314 e. The predicted octanol–water partition coefficient (Wildman–Crippen LogP) is 4.94. The predicted molar refractivity (Wildman–Crippen MR) is 86.4 cm³/mol. The van der Waals surface area contributed by atoms with Gasteiger partial charge >= 0.3 is 0 Å². The lowest BCUT2D eigenvalue weighted by atomic mass is 9.76. The van der Waals surface area contributed by atoms with Crippen molar-refractivity contribution >= 4 is 15.9 Å². The van der Waals surface area contributed by atoms with Gasteiger partial charge in [0.2, 0.25) is 0 Å². The molecule has 1 fully saturated rings. The van der Waals surface area contributed by atoms with Crippen LogP contribution in [-0.4, -0.2) is 12.6 Å². The lowest BCUT2D eigenvalue weighted by molar-refractivity contribution is 0.212. The third-order valence-corrected chi connectivity index (χ3v) is 5.16. The number of benzene rings is 1. The van der Waals surface area contributed by atoms with Gasteiger partial charge in [-0.15, -0.1) is 0 Å². The molecule has 0 saturated heterocycles. The lowest BCUT2D eigenvalue weighted by Crippen LogP contribution is -2.41. The third kappa shape index (κ3) is 4.29.